The highest BCUT2D eigenvalue weighted by Gasteiger charge is 2.33. The molecule has 0 aromatic heterocycles. The maximum Gasteiger partial charge on any atom is 0.326 e. The van der Waals surface area contributed by atoms with Crippen molar-refractivity contribution in [1.29, 1.82) is 0 Å². The van der Waals surface area contributed by atoms with Crippen LogP contribution >= 0.6 is 11.8 Å². The molecule has 0 saturated carbocycles. The number of rotatable bonds is 4. The summed E-state index contributed by atoms with van der Waals surface area (Å²) in [5.41, 5.74) is -0.578. The summed E-state index contributed by atoms with van der Waals surface area (Å²) in [6, 6.07) is -0.963. The fourth-order valence-electron chi connectivity index (χ4n) is 1.57. The van der Waals surface area contributed by atoms with E-state index in [0.717, 1.165) is 0 Å². The topological polar surface area (TPSA) is 86.7 Å². The number of amides is 2. The smallest absolute Gasteiger partial charge is 0.326 e. The van der Waals surface area contributed by atoms with Crippen LogP contribution < -0.4 is 5.32 Å². The molecule has 18 heavy (non-hydrogen) atoms. The summed E-state index contributed by atoms with van der Waals surface area (Å²) in [4.78, 5) is 35.6. The van der Waals surface area contributed by atoms with E-state index in [1.54, 1.807) is 20.8 Å². The Morgan fingerprint density at radius 2 is 2.11 bits per heavy atom. The third-order valence-electron chi connectivity index (χ3n) is 2.58. The molecular formula is C11H18N2O4S. The van der Waals surface area contributed by atoms with E-state index in [9.17, 15) is 14.4 Å². The van der Waals surface area contributed by atoms with Crippen LogP contribution in [-0.2, 0) is 14.4 Å². The number of carbonyl (C=O) groups excluding carboxylic acids is 2. The number of hydrogen-bond donors (Lipinski definition) is 2. The molecule has 0 spiro atoms. The summed E-state index contributed by atoms with van der Waals surface area (Å²) in [6.07, 6.45) is 0. The monoisotopic (exact) mass is 274 g/mol. The fourth-order valence-corrected chi connectivity index (χ4v) is 2.47. The van der Waals surface area contributed by atoms with E-state index in [2.05, 4.69) is 5.32 Å². The van der Waals surface area contributed by atoms with Gasteiger partial charge in [0.05, 0.1) is 11.6 Å². The molecule has 102 valence electrons. The van der Waals surface area contributed by atoms with Crippen molar-refractivity contribution in [2.45, 2.75) is 26.8 Å². The standard InChI is InChI=1S/C11H18N2O4S/c1-11(2,3)9(10(16)17)12-7(14)4-13-6-18-5-8(13)15/h9H,4-6H2,1-3H3,(H,12,14)(H,16,17). The van der Waals surface area contributed by atoms with Crippen molar-refractivity contribution < 1.29 is 19.5 Å². The first-order chi connectivity index (χ1) is 8.21. The van der Waals surface area contributed by atoms with Crippen LogP contribution in [0.2, 0.25) is 0 Å². The quantitative estimate of drug-likeness (QED) is 0.761. The van der Waals surface area contributed by atoms with Gasteiger partial charge in [-0.3, -0.25) is 9.59 Å². The SMILES string of the molecule is CC(C)(C)C(NC(=O)CN1CSCC1=O)C(=O)O. The Balaban J connectivity index is 2.57. The lowest BCUT2D eigenvalue weighted by Gasteiger charge is -2.28. The Hall–Kier alpha value is -1.24. The Kier molecular flexibility index (Phi) is 4.61. The molecule has 0 aliphatic carbocycles. The van der Waals surface area contributed by atoms with Crippen LogP contribution in [0.4, 0.5) is 0 Å². The van der Waals surface area contributed by atoms with Crippen molar-refractivity contribution in [3.8, 4) is 0 Å². The Bertz CT molecular complexity index is 365. The van der Waals surface area contributed by atoms with Gasteiger partial charge in [0.2, 0.25) is 11.8 Å². The second-order valence-electron chi connectivity index (χ2n) is 5.27. The second-order valence-corrected chi connectivity index (χ2v) is 6.23. The molecule has 1 saturated heterocycles. The Morgan fingerprint density at radius 3 is 2.50 bits per heavy atom. The molecule has 2 amide bonds. The average Bonchev–Trinajstić information content (AvgIpc) is 2.59. The van der Waals surface area contributed by atoms with E-state index in [1.165, 1.54) is 16.7 Å². The zero-order valence-electron chi connectivity index (χ0n) is 10.7. The van der Waals surface area contributed by atoms with E-state index in [0.29, 0.717) is 11.6 Å². The molecule has 0 aromatic carbocycles. The van der Waals surface area contributed by atoms with Gasteiger partial charge in [-0.2, -0.15) is 0 Å². The van der Waals surface area contributed by atoms with E-state index in [1.807, 2.05) is 0 Å². The first kappa shape index (κ1) is 14.8. The summed E-state index contributed by atoms with van der Waals surface area (Å²) in [7, 11) is 0. The number of nitrogens with zero attached hydrogens (tertiary/aromatic N) is 1. The number of carboxylic acid groups (broad SMARTS) is 1. The van der Waals surface area contributed by atoms with Gasteiger partial charge in [-0.15, -0.1) is 11.8 Å². The molecule has 7 heteroatoms. The summed E-state index contributed by atoms with van der Waals surface area (Å²) in [5, 5.41) is 11.5. The first-order valence-corrected chi connectivity index (χ1v) is 6.75. The highest BCUT2D eigenvalue weighted by molar-refractivity contribution is 8.00. The second kappa shape index (κ2) is 5.60. The molecule has 1 unspecified atom stereocenters. The lowest BCUT2D eigenvalue weighted by Crippen LogP contribution is -2.51. The predicted octanol–water partition coefficient (Wildman–Crippen LogP) is 0.135. The van der Waals surface area contributed by atoms with Gasteiger partial charge in [0.1, 0.15) is 12.6 Å². The molecule has 6 nitrogen and oxygen atoms in total. The lowest BCUT2D eigenvalue weighted by molar-refractivity contribution is -0.145. The minimum Gasteiger partial charge on any atom is -0.480 e. The third kappa shape index (κ3) is 3.90. The van der Waals surface area contributed by atoms with Gasteiger partial charge < -0.3 is 15.3 Å². The number of hydrogen-bond acceptors (Lipinski definition) is 4. The van der Waals surface area contributed by atoms with Crippen molar-refractivity contribution in [2.75, 3.05) is 18.2 Å². The van der Waals surface area contributed by atoms with Crippen molar-refractivity contribution in [3.05, 3.63) is 0 Å². The minimum absolute atomic E-state index is 0.0777. The third-order valence-corrected chi connectivity index (χ3v) is 3.52. The van der Waals surface area contributed by atoms with Gasteiger partial charge in [0.15, 0.2) is 0 Å². The predicted molar refractivity (Wildman–Crippen MR) is 68.1 cm³/mol. The highest BCUT2D eigenvalue weighted by atomic mass is 32.2. The molecule has 1 heterocycles. The summed E-state index contributed by atoms with van der Waals surface area (Å²) >= 11 is 1.44. The highest BCUT2D eigenvalue weighted by Crippen LogP contribution is 2.20. The van der Waals surface area contributed by atoms with Gasteiger partial charge >= 0.3 is 5.97 Å². The lowest BCUT2D eigenvalue weighted by atomic mass is 9.87. The maximum absolute atomic E-state index is 11.7. The molecule has 2 N–H and O–H groups in total. The zero-order valence-corrected chi connectivity index (χ0v) is 11.5. The van der Waals surface area contributed by atoms with Gasteiger partial charge in [-0.25, -0.2) is 4.79 Å². The van der Waals surface area contributed by atoms with Crippen molar-refractivity contribution >= 4 is 29.5 Å². The van der Waals surface area contributed by atoms with Crippen LogP contribution in [0.3, 0.4) is 0 Å². The van der Waals surface area contributed by atoms with E-state index >= 15 is 0 Å². The number of aliphatic carboxylic acids is 1. The Morgan fingerprint density at radius 1 is 1.50 bits per heavy atom. The number of carboxylic acids is 1. The minimum atomic E-state index is -1.07. The molecule has 1 fully saturated rings. The average molecular weight is 274 g/mol. The van der Waals surface area contributed by atoms with Crippen LogP contribution in [0.25, 0.3) is 0 Å². The molecule has 1 aliphatic heterocycles. The summed E-state index contributed by atoms with van der Waals surface area (Å²) < 4.78 is 0. The molecular weight excluding hydrogens is 256 g/mol. The van der Waals surface area contributed by atoms with E-state index in [4.69, 9.17) is 5.11 Å². The summed E-state index contributed by atoms with van der Waals surface area (Å²) in [5.74, 6) is -0.724. The van der Waals surface area contributed by atoms with Crippen LogP contribution in [0, 0.1) is 5.41 Å². The fraction of sp³-hybridized carbons (Fsp3) is 0.727. The number of carbonyl (C=O) groups is 3. The maximum atomic E-state index is 11.7. The van der Waals surface area contributed by atoms with Crippen molar-refractivity contribution in [1.82, 2.24) is 10.2 Å². The molecule has 1 atom stereocenters. The van der Waals surface area contributed by atoms with Crippen LogP contribution in [0.5, 0.6) is 0 Å². The van der Waals surface area contributed by atoms with Gasteiger partial charge in [0, 0.05) is 0 Å². The molecule has 0 radical (unpaired) electrons. The van der Waals surface area contributed by atoms with Crippen molar-refractivity contribution in [2.24, 2.45) is 5.41 Å². The van der Waals surface area contributed by atoms with E-state index < -0.39 is 23.3 Å². The summed E-state index contributed by atoms with van der Waals surface area (Å²) in [6.45, 7) is 5.14. The molecule has 1 aliphatic rings. The first-order valence-electron chi connectivity index (χ1n) is 5.59. The normalized spacial score (nSPS) is 17.7. The Labute approximate surface area is 110 Å². The van der Waals surface area contributed by atoms with Crippen LogP contribution in [0.15, 0.2) is 0 Å². The molecule has 0 bridgehead atoms. The zero-order chi connectivity index (χ0) is 13.9. The van der Waals surface area contributed by atoms with Crippen molar-refractivity contribution in [3.63, 3.8) is 0 Å². The number of thioether (sulfide) groups is 1. The molecule has 0 aromatic rings. The van der Waals surface area contributed by atoms with Gasteiger partial charge in [-0.05, 0) is 5.41 Å². The molecule has 1 rings (SSSR count). The van der Waals surface area contributed by atoms with Crippen LogP contribution in [0.1, 0.15) is 20.8 Å². The van der Waals surface area contributed by atoms with Gasteiger partial charge in [-0.1, -0.05) is 20.8 Å². The van der Waals surface area contributed by atoms with Crippen LogP contribution in [-0.4, -0.2) is 52.0 Å². The van der Waals surface area contributed by atoms with E-state index in [-0.39, 0.29) is 12.5 Å². The number of nitrogens with one attached hydrogen (secondary N) is 1. The van der Waals surface area contributed by atoms with Gasteiger partial charge in [0.25, 0.3) is 0 Å². The largest absolute Gasteiger partial charge is 0.480 e.